The molecule has 1 saturated heterocycles. The number of ether oxygens (including phenoxy) is 1. The lowest BCUT2D eigenvalue weighted by Gasteiger charge is -2.26. The van der Waals surface area contributed by atoms with Crippen molar-refractivity contribution in [2.75, 3.05) is 26.0 Å². The highest BCUT2D eigenvalue weighted by Gasteiger charge is 2.36. The summed E-state index contributed by atoms with van der Waals surface area (Å²) in [5.41, 5.74) is 1.37. The number of nitrogens with one attached hydrogen (secondary N) is 1. The van der Waals surface area contributed by atoms with Gasteiger partial charge in [0.1, 0.15) is 0 Å². The molecule has 1 spiro atoms. The first kappa shape index (κ1) is 15.0. The summed E-state index contributed by atoms with van der Waals surface area (Å²) < 4.78 is 29.1. The molecule has 1 aliphatic carbocycles. The second-order valence-corrected chi connectivity index (χ2v) is 8.49. The fourth-order valence-corrected chi connectivity index (χ4v) is 4.08. The monoisotopic (exact) mass is 309 g/mol. The lowest BCUT2D eigenvalue weighted by atomic mass is 9.87. The zero-order valence-electron chi connectivity index (χ0n) is 12.5. The van der Waals surface area contributed by atoms with Crippen molar-refractivity contribution in [2.24, 2.45) is 5.41 Å². The Labute approximate surface area is 126 Å². The third-order valence-electron chi connectivity index (χ3n) is 4.76. The minimum atomic E-state index is -3.13. The Morgan fingerprint density at radius 2 is 1.86 bits per heavy atom. The molecule has 0 amide bonds. The van der Waals surface area contributed by atoms with Gasteiger partial charge in [-0.25, -0.2) is 8.42 Å². The van der Waals surface area contributed by atoms with Gasteiger partial charge >= 0.3 is 0 Å². The van der Waals surface area contributed by atoms with Gasteiger partial charge in [0.15, 0.2) is 9.84 Å². The van der Waals surface area contributed by atoms with Crippen LogP contribution in [0.2, 0.25) is 0 Å². The Hall–Kier alpha value is -0.910. The van der Waals surface area contributed by atoms with Crippen molar-refractivity contribution in [3.63, 3.8) is 0 Å². The number of rotatable bonds is 2. The molecular formula is C16H23NO3S. The molecule has 1 aliphatic heterocycles. The maximum absolute atomic E-state index is 11.5. The largest absolute Gasteiger partial charge is 0.372 e. The van der Waals surface area contributed by atoms with Crippen molar-refractivity contribution in [1.82, 2.24) is 5.32 Å². The van der Waals surface area contributed by atoms with Crippen LogP contribution in [-0.4, -0.2) is 34.4 Å². The Morgan fingerprint density at radius 1 is 1.19 bits per heavy atom. The molecule has 1 aromatic rings. The molecule has 116 valence electrons. The summed E-state index contributed by atoms with van der Waals surface area (Å²) in [6.07, 6.45) is 6.35. The lowest BCUT2D eigenvalue weighted by Crippen LogP contribution is -2.32. The summed E-state index contributed by atoms with van der Waals surface area (Å²) in [7, 11) is -3.13. The molecule has 5 heteroatoms. The number of hydrogen-bond donors (Lipinski definition) is 1. The highest BCUT2D eigenvalue weighted by Crippen LogP contribution is 2.40. The van der Waals surface area contributed by atoms with E-state index in [4.69, 9.17) is 4.74 Å². The van der Waals surface area contributed by atoms with Crippen molar-refractivity contribution < 1.29 is 13.2 Å². The first-order valence-electron chi connectivity index (χ1n) is 7.61. The standard InChI is InChI=1S/C16H23NO3S/c1-21(18,19)14-6-4-13(5-7-14)15-10-17-11-16(12-20-15)8-2-3-9-16/h4-7,15,17H,2-3,8-12H2,1H3. The number of benzene rings is 1. The van der Waals surface area contributed by atoms with Gasteiger partial charge < -0.3 is 10.1 Å². The van der Waals surface area contributed by atoms with Crippen LogP contribution in [0.4, 0.5) is 0 Å². The molecule has 21 heavy (non-hydrogen) atoms. The Balaban J connectivity index is 1.72. The molecule has 3 rings (SSSR count). The van der Waals surface area contributed by atoms with Crippen molar-refractivity contribution in [2.45, 2.75) is 36.7 Å². The van der Waals surface area contributed by atoms with E-state index in [1.54, 1.807) is 12.1 Å². The van der Waals surface area contributed by atoms with Crippen LogP contribution in [0.25, 0.3) is 0 Å². The fourth-order valence-electron chi connectivity index (χ4n) is 3.45. The van der Waals surface area contributed by atoms with E-state index in [9.17, 15) is 8.42 Å². The Kier molecular flexibility index (Phi) is 4.08. The first-order chi connectivity index (χ1) is 9.99. The zero-order chi connectivity index (χ0) is 14.9. The molecule has 1 heterocycles. The second-order valence-electron chi connectivity index (χ2n) is 6.48. The molecule has 0 aromatic heterocycles. The SMILES string of the molecule is CS(=O)(=O)c1ccc(C2CNCC3(CCCC3)CO2)cc1. The van der Waals surface area contributed by atoms with Gasteiger partial charge in [0.25, 0.3) is 0 Å². The molecule has 1 atom stereocenters. The van der Waals surface area contributed by atoms with Crippen LogP contribution in [0, 0.1) is 5.41 Å². The van der Waals surface area contributed by atoms with Crippen molar-refractivity contribution in [1.29, 1.82) is 0 Å². The maximum atomic E-state index is 11.5. The average molecular weight is 309 g/mol. The normalized spacial score (nSPS) is 25.9. The van der Waals surface area contributed by atoms with Gasteiger partial charge in [-0.05, 0) is 30.5 Å². The average Bonchev–Trinajstić information content (AvgIpc) is 2.80. The summed E-state index contributed by atoms with van der Waals surface area (Å²) in [5, 5.41) is 3.53. The molecule has 1 saturated carbocycles. The second kappa shape index (κ2) is 5.71. The third-order valence-corrected chi connectivity index (χ3v) is 5.89. The lowest BCUT2D eigenvalue weighted by molar-refractivity contribution is 0.0158. The highest BCUT2D eigenvalue weighted by atomic mass is 32.2. The Morgan fingerprint density at radius 3 is 2.48 bits per heavy atom. The number of hydrogen-bond acceptors (Lipinski definition) is 4. The summed E-state index contributed by atoms with van der Waals surface area (Å²) in [4.78, 5) is 0.361. The summed E-state index contributed by atoms with van der Waals surface area (Å²) in [6.45, 7) is 2.63. The van der Waals surface area contributed by atoms with Crippen molar-refractivity contribution >= 4 is 9.84 Å². The summed E-state index contributed by atoms with van der Waals surface area (Å²) in [6, 6.07) is 7.08. The van der Waals surface area contributed by atoms with E-state index in [0.717, 1.165) is 25.3 Å². The molecular weight excluding hydrogens is 286 g/mol. The van der Waals surface area contributed by atoms with Crippen LogP contribution in [0.1, 0.15) is 37.4 Å². The predicted octanol–water partition coefficient (Wildman–Crippen LogP) is 2.31. The van der Waals surface area contributed by atoms with Crippen LogP contribution in [0.15, 0.2) is 29.2 Å². The third kappa shape index (κ3) is 3.30. The minimum absolute atomic E-state index is 0.0126. The van der Waals surface area contributed by atoms with E-state index in [1.165, 1.54) is 31.9 Å². The van der Waals surface area contributed by atoms with Crippen LogP contribution < -0.4 is 5.32 Å². The van der Waals surface area contributed by atoms with Crippen LogP contribution in [0.3, 0.4) is 0 Å². The first-order valence-corrected chi connectivity index (χ1v) is 9.50. The van der Waals surface area contributed by atoms with Crippen molar-refractivity contribution in [3.05, 3.63) is 29.8 Å². The molecule has 1 aromatic carbocycles. The van der Waals surface area contributed by atoms with Gasteiger partial charge in [-0.3, -0.25) is 0 Å². The summed E-state index contributed by atoms with van der Waals surface area (Å²) in [5.74, 6) is 0. The van der Waals surface area contributed by atoms with Gasteiger partial charge in [-0.1, -0.05) is 25.0 Å². The molecule has 0 radical (unpaired) electrons. The van der Waals surface area contributed by atoms with E-state index in [1.807, 2.05) is 12.1 Å². The highest BCUT2D eigenvalue weighted by molar-refractivity contribution is 7.90. The van der Waals surface area contributed by atoms with Crippen LogP contribution >= 0.6 is 0 Å². The van der Waals surface area contributed by atoms with Gasteiger partial charge in [-0.2, -0.15) is 0 Å². The van der Waals surface area contributed by atoms with Gasteiger partial charge in [0, 0.05) is 24.8 Å². The molecule has 1 unspecified atom stereocenters. The zero-order valence-corrected chi connectivity index (χ0v) is 13.3. The molecule has 0 bridgehead atoms. The summed E-state index contributed by atoms with van der Waals surface area (Å²) >= 11 is 0. The maximum Gasteiger partial charge on any atom is 0.175 e. The van der Waals surface area contributed by atoms with E-state index >= 15 is 0 Å². The molecule has 2 fully saturated rings. The quantitative estimate of drug-likeness (QED) is 0.911. The molecule has 1 N–H and O–H groups in total. The van der Waals surface area contributed by atoms with E-state index in [0.29, 0.717) is 10.3 Å². The Bertz CT molecular complexity index is 588. The van der Waals surface area contributed by atoms with Crippen molar-refractivity contribution in [3.8, 4) is 0 Å². The van der Waals surface area contributed by atoms with E-state index in [-0.39, 0.29) is 6.10 Å². The van der Waals surface area contributed by atoms with E-state index < -0.39 is 9.84 Å². The van der Waals surface area contributed by atoms with Crippen LogP contribution in [0.5, 0.6) is 0 Å². The predicted molar refractivity (Wildman–Crippen MR) is 82.0 cm³/mol. The fraction of sp³-hybridized carbons (Fsp3) is 0.625. The smallest absolute Gasteiger partial charge is 0.175 e. The topological polar surface area (TPSA) is 55.4 Å². The van der Waals surface area contributed by atoms with Gasteiger partial charge in [0.05, 0.1) is 17.6 Å². The molecule has 2 aliphatic rings. The minimum Gasteiger partial charge on any atom is -0.372 e. The van der Waals surface area contributed by atoms with Crippen LogP contribution in [-0.2, 0) is 14.6 Å². The van der Waals surface area contributed by atoms with Gasteiger partial charge in [-0.15, -0.1) is 0 Å². The van der Waals surface area contributed by atoms with Gasteiger partial charge in [0.2, 0.25) is 0 Å². The van der Waals surface area contributed by atoms with E-state index in [2.05, 4.69) is 5.32 Å². The number of sulfone groups is 1. The molecule has 4 nitrogen and oxygen atoms in total.